The first kappa shape index (κ1) is 14.1. The predicted molar refractivity (Wildman–Crippen MR) is 72.8 cm³/mol. The van der Waals surface area contributed by atoms with E-state index in [-0.39, 0.29) is 11.7 Å². The number of hydrogen-bond acceptors (Lipinski definition) is 3. The summed E-state index contributed by atoms with van der Waals surface area (Å²) in [6, 6.07) is 6.83. The highest BCUT2D eigenvalue weighted by Crippen LogP contribution is 2.09. The topological polar surface area (TPSA) is 49.4 Å². The zero-order valence-corrected chi connectivity index (χ0v) is 10.9. The van der Waals surface area contributed by atoms with Crippen molar-refractivity contribution in [2.24, 2.45) is 0 Å². The minimum atomic E-state index is -0.174. The van der Waals surface area contributed by atoms with Gasteiger partial charge in [0.05, 0.1) is 0 Å². The summed E-state index contributed by atoms with van der Waals surface area (Å²) in [5.41, 5.74) is 1.32. The van der Waals surface area contributed by atoms with Crippen molar-refractivity contribution in [1.29, 1.82) is 0 Å². The highest BCUT2D eigenvalue weighted by Gasteiger charge is 2.00. The molecule has 1 N–H and O–H groups in total. The van der Waals surface area contributed by atoms with Crippen LogP contribution >= 0.6 is 0 Å². The lowest BCUT2D eigenvalue weighted by atomic mass is 10.1. The van der Waals surface area contributed by atoms with Crippen LogP contribution in [0.1, 0.15) is 17.3 Å². The van der Waals surface area contributed by atoms with E-state index in [2.05, 4.69) is 5.32 Å². The summed E-state index contributed by atoms with van der Waals surface area (Å²) in [5, 5.41) is 2.73. The molecule has 0 saturated carbocycles. The molecule has 0 aliphatic carbocycles. The molecule has 0 heterocycles. The maximum absolute atomic E-state index is 11.5. The number of nitrogens with zero attached hydrogens (tertiary/aromatic N) is 1. The van der Waals surface area contributed by atoms with Crippen molar-refractivity contribution in [2.75, 3.05) is 26.0 Å². The molecule has 1 aromatic rings. The van der Waals surface area contributed by atoms with Crippen LogP contribution in [0.3, 0.4) is 0 Å². The quantitative estimate of drug-likeness (QED) is 0.638. The molecule has 0 aromatic heterocycles. The van der Waals surface area contributed by atoms with Crippen LogP contribution in [0.25, 0.3) is 0 Å². The molecule has 0 aliphatic rings. The molecule has 1 amide bonds. The van der Waals surface area contributed by atoms with E-state index in [1.807, 2.05) is 19.0 Å². The van der Waals surface area contributed by atoms with Crippen molar-refractivity contribution in [3.05, 3.63) is 42.0 Å². The monoisotopic (exact) mass is 246 g/mol. The molecule has 1 rings (SSSR count). The van der Waals surface area contributed by atoms with Gasteiger partial charge < -0.3 is 10.2 Å². The number of nitrogens with one attached hydrogen (secondary N) is 1. The predicted octanol–water partition coefficient (Wildman–Crippen LogP) is 1.95. The highest BCUT2D eigenvalue weighted by atomic mass is 16.1. The van der Waals surface area contributed by atoms with Gasteiger partial charge in [0.15, 0.2) is 5.78 Å². The lowest BCUT2D eigenvalue weighted by molar-refractivity contribution is -0.111. The second kappa shape index (κ2) is 6.71. The molecule has 18 heavy (non-hydrogen) atoms. The molecule has 96 valence electrons. The van der Waals surface area contributed by atoms with Crippen LogP contribution < -0.4 is 5.32 Å². The van der Waals surface area contributed by atoms with E-state index in [0.717, 1.165) is 6.54 Å². The zero-order chi connectivity index (χ0) is 13.5. The summed E-state index contributed by atoms with van der Waals surface area (Å²) in [5.74, 6) is -0.161. The van der Waals surface area contributed by atoms with Crippen LogP contribution in [-0.4, -0.2) is 37.2 Å². The summed E-state index contributed by atoms with van der Waals surface area (Å²) in [4.78, 5) is 24.6. The third kappa shape index (κ3) is 4.93. The molecule has 4 heteroatoms. The third-order valence-electron chi connectivity index (χ3n) is 2.30. The first-order valence-corrected chi connectivity index (χ1v) is 5.72. The number of carbonyl (C=O) groups is 2. The molecule has 4 nitrogen and oxygen atoms in total. The molecule has 0 unspecified atom stereocenters. The minimum absolute atomic E-state index is 0.0127. The van der Waals surface area contributed by atoms with Gasteiger partial charge >= 0.3 is 0 Å². The molecule has 0 bridgehead atoms. The number of ketones is 1. The maximum Gasteiger partial charge on any atom is 0.248 e. The Morgan fingerprint density at radius 3 is 2.33 bits per heavy atom. The van der Waals surface area contributed by atoms with Gasteiger partial charge in [-0.15, -0.1) is 0 Å². The van der Waals surface area contributed by atoms with E-state index in [1.165, 1.54) is 13.0 Å². The van der Waals surface area contributed by atoms with E-state index in [9.17, 15) is 9.59 Å². The van der Waals surface area contributed by atoms with Crippen LogP contribution in [-0.2, 0) is 4.79 Å². The van der Waals surface area contributed by atoms with Crippen LogP contribution in [0.4, 0.5) is 5.69 Å². The molecule has 0 fully saturated rings. The van der Waals surface area contributed by atoms with Gasteiger partial charge in [0.2, 0.25) is 5.91 Å². The van der Waals surface area contributed by atoms with Crippen molar-refractivity contribution in [2.45, 2.75) is 6.92 Å². The Morgan fingerprint density at radius 1 is 1.22 bits per heavy atom. The number of carbonyl (C=O) groups excluding carboxylic acids is 2. The molecule has 0 radical (unpaired) electrons. The summed E-state index contributed by atoms with van der Waals surface area (Å²) >= 11 is 0. The fourth-order valence-electron chi connectivity index (χ4n) is 1.34. The van der Waals surface area contributed by atoms with Crippen LogP contribution in [0.5, 0.6) is 0 Å². The summed E-state index contributed by atoms with van der Waals surface area (Å²) < 4.78 is 0. The Morgan fingerprint density at radius 2 is 1.83 bits per heavy atom. The number of Topliss-reactive ketones (excluding diaryl/α,β-unsaturated/α-hetero) is 1. The summed E-state index contributed by atoms with van der Waals surface area (Å²) in [7, 11) is 3.87. The molecule has 0 saturated heterocycles. The van der Waals surface area contributed by atoms with E-state index >= 15 is 0 Å². The lowest BCUT2D eigenvalue weighted by Gasteiger charge is -2.05. The number of rotatable bonds is 5. The van der Waals surface area contributed by atoms with Gasteiger partial charge in [-0.25, -0.2) is 0 Å². The number of likely N-dealkylation sites (N-methyl/N-ethyl adjacent to an activating group) is 1. The molecular formula is C14H18N2O2. The van der Waals surface area contributed by atoms with Crippen molar-refractivity contribution in [3.8, 4) is 0 Å². The lowest BCUT2D eigenvalue weighted by Crippen LogP contribution is -2.12. The Balaban J connectivity index is 2.54. The Hall–Kier alpha value is -1.94. The first-order chi connectivity index (χ1) is 8.49. The van der Waals surface area contributed by atoms with E-state index in [4.69, 9.17) is 0 Å². The van der Waals surface area contributed by atoms with Crippen molar-refractivity contribution < 1.29 is 9.59 Å². The average molecular weight is 246 g/mol. The van der Waals surface area contributed by atoms with Crippen LogP contribution in [0.15, 0.2) is 36.4 Å². The SMILES string of the molecule is CC(=O)c1ccc(NC(=O)C=CCN(C)C)cc1. The maximum atomic E-state index is 11.5. The molecule has 0 spiro atoms. The van der Waals surface area contributed by atoms with Gasteiger partial charge in [-0.2, -0.15) is 0 Å². The zero-order valence-electron chi connectivity index (χ0n) is 10.9. The normalized spacial score (nSPS) is 10.9. The number of benzene rings is 1. The Bertz CT molecular complexity index is 447. The van der Waals surface area contributed by atoms with Gasteiger partial charge in [-0.3, -0.25) is 9.59 Å². The Labute approximate surface area is 107 Å². The molecule has 1 aromatic carbocycles. The minimum Gasteiger partial charge on any atom is -0.323 e. The van der Waals surface area contributed by atoms with Crippen LogP contribution in [0.2, 0.25) is 0 Å². The van der Waals surface area contributed by atoms with Gasteiger partial charge in [-0.1, -0.05) is 6.08 Å². The number of hydrogen-bond donors (Lipinski definition) is 1. The number of amides is 1. The molecule has 0 atom stereocenters. The van der Waals surface area contributed by atoms with Gasteiger partial charge in [-0.05, 0) is 45.3 Å². The smallest absolute Gasteiger partial charge is 0.248 e. The van der Waals surface area contributed by atoms with Crippen LogP contribution in [0, 0.1) is 0 Å². The van der Waals surface area contributed by atoms with Crippen molar-refractivity contribution in [3.63, 3.8) is 0 Å². The standard InChI is InChI=1S/C14H18N2O2/c1-11(17)12-6-8-13(9-7-12)15-14(18)5-4-10-16(2)3/h4-9H,10H2,1-3H3,(H,15,18). The second-order valence-corrected chi connectivity index (χ2v) is 4.29. The van der Waals surface area contributed by atoms with E-state index in [1.54, 1.807) is 30.3 Å². The van der Waals surface area contributed by atoms with Gasteiger partial charge in [0.25, 0.3) is 0 Å². The van der Waals surface area contributed by atoms with E-state index in [0.29, 0.717) is 11.3 Å². The summed E-state index contributed by atoms with van der Waals surface area (Å²) in [6.07, 6.45) is 3.29. The molecule has 0 aliphatic heterocycles. The fourth-order valence-corrected chi connectivity index (χ4v) is 1.34. The average Bonchev–Trinajstić information content (AvgIpc) is 2.29. The molecular weight excluding hydrogens is 228 g/mol. The van der Waals surface area contributed by atoms with Gasteiger partial charge in [0.1, 0.15) is 0 Å². The second-order valence-electron chi connectivity index (χ2n) is 4.29. The van der Waals surface area contributed by atoms with Gasteiger partial charge in [0, 0.05) is 23.9 Å². The fraction of sp³-hybridized carbons (Fsp3) is 0.286. The third-order valence-corrected chi connectivity index (χ3v) is 2.30. The van der Waals surface area contributed by atoms with Crippen molar-refractivity contribution >= 4 is 17.4 Å². The van der Waals surface area contributed by atoms with E-state index < -0.39 is 0 Å². The number of anilines is 1. The van der Waals surface area contributed by atoms with Crippen molar-refractivity contribution in [1.82, 2.24) is 4.90 Å². The summed E-state index contributed by atoms with van der Waals surface area (Å²) in [6.45, 7) is 2.23. The highest BCUT2D eigenvalue weighted by molar-refractivity contribution is 6.00. The largest absolute Gasteiger partial charge is 0.323 e. The Kier molecular flexibility index (Phi) is 5.27. The first-order valence-electron chi connectivity index (χ1n) is 5.72.